The van der Waals surface area contributed by atoms with E-state index in [4.69, 9.17) is 4.42 Å². The van der Waals surface area contributed by atoms with Crippen LogP contribution in [-0.4, -0.2) is 27.2 Å². The molecule has 1 aliphatic rings. The Morgan fingerprint density at radius 2 is 2.04 bits per heavy atom. The number of fused-ring (bicyclic) bond motifs is 1. The van der Waals surface area contributed by atoms with E-state index in [2.05, 4.69) is 15.4 Å². The van der Waals surface area contributed by atoms with Crippen LogP contribution >= 0.6 is 0 Å². The molecule has 5 rings (SSSR count). The van der Waals surface area contributed by atoms with Gasteiger partial charge in [0, 0.05) is 24.2 Å². The Balaban J connectivity index is 1.20. The van der Waals surface area contributed by atoms with Gasteiger partial charge in [-0.15, -0.1) is 0 Å². The molecule has 2 aromatic heterocycles. The van der Waals surface area contributed by atoms with E-state index in [1.165, 1.54) is 0 Å². The van der Waals surface area contributed by atoms with Crippen LogP contribution in [0.3, 0.4) is 0 Å². The lowest BCUT2D eigenvalue weighted by Crippen LogP contribution is -2.25. The van der Waals surface area contributed by atoms with Crippen LogP contribution in [0.5, 0.6) is 0 Å². The first-order valence-electron chi connectivity index (χ1n) is 9.54. The molecule has 1 saturated carbocycles. The standard InChI is InChI=1S/C22H20N4O2/c27-21(17-8-9-19-20(12-17)28-22(25-19)16-6-7-16)23-11-10-15-13-24-26(14-15)18-4-2-1-3-5-18/h1-5,8-9,12-14,16H,6-7,10-11H2,(H,23,27). The average molecular weight is 372 g/mol. The summed E-state index contributed by atoms with van der Waals surface area (Å²) >= 11 is 0. The first-order valence-corrected chi connectivity index (χ1v) is 9.54. The van der Waals surface area contributed by atoms with E-state index < -0.39 is 0 Å². The van der Waals surface area contributed by atoms with E-state index in [0.29, 0.717) is 23.6 Å². The van der Waals surface area contributed by atoms with Crippen molar-refractivity contribution < 1.29 is 9.21 Å². The van der Waals surface area contributed by atoms with Crippen LogP contribution in [0.2, 0.25) is 0 Å². The largest absolute Gasteiger partial charge is 0.440 e. The number of oxazole rings is 1. The van der Waals surface area contributed by atoms with Gasteiger partial charge in [0.05, 0.1) is 11.9 Å². The number of hydrogen-bond acceptors (Lipinski definition) is 4. The van der Waals surface area contributed by atoms with E-state index in [9.17, 15) is 4.79 Å². The van der Waals surface area contributed by atoms with Crippen LogP contribution in [0.4, 0.5) is 0 Å². The number of nitrogens with zero attached hydrogens (tertiary/aromatic N) is 3. The minimum Gasteiger partial charge on any atom is -0.440 e. The van der Waals surface area contributed by atoms with Gasteiger partial charge in [-0.05, 0) is 55.2 Å². The number of benzene rings is 2. The number of carbonyl (C=O) groups excluding carboxylic acids is 1. The van der Waals surface area contributed by atoms with Crippen molar-refractivity contribution in [1.29, 1.82) is 0 Å². The topological polar surface area (TPSA) is 73.0 Å². The monoisotopic (exact) mass is 372 g/mol. The number of nitrogens with one attached hydrogen (secondary N) is 1. The molecular formula is C22H20N4O2. The second-order valence-electron chi connectivity index (χ2n) is 7.14. The maximum atomic E-state index is 12.5. The summed E-state index contributed by atoms with van der Waals surface area (Å²) in [5, 5.41) is 7.35. The highest BCUT2D eigenvalue weighted by Gasteiger charge is 2.29. The summed E-state index contributed by atoms with van der Waals surface area (Å²) in [6.07, 6.45) is 6.82. The van der Waals surface area contributed by atoms with Crippen molar-refractivity contribution in [3.63, 3.8) is 0 Å². The number of para-hydroxylation sites is 1. The van der Waals surface area contributed by atoms with Crippen molar-refractivity contribution in [3.8, 4) is 5.69 Å². The first-order chi connectivity index (χ1) is 13.8. The van der Waals surface area contributed by atoms with Crippen molar-refractivity contribution in [1.82, 2.24) is 20.1 Å². The molecule has 140 valence electrons. The van der Waals surface area contributed by atoms with Crippen LogP contribution in [0.25, 0.3) is 16.8 Å². The summed E-state index contributed by atoms with van der Waals surface area (Å²) in [5.74, 6) is 1.14. The molecule has 1 amide bonds. The van der Waals surface area contributed by atoms with Gasteiger partial charge in [0.1, 0.15) is 5.52 Å². The van der Waals surface area contributed by atoms with E-state index >= 15 is 0 Å². The summed E-state index contributed by atoms with van der Waals surface area (Å²) in [5.41, 5.74) is 4.17. The van der Waals surface area contributed by atoms with E-state index in [1.54, 1.807) is 12.1 Å². The second kappa shape index (κ2) is 6.96. The van der Waals surface area contributed by atoms with Crippen LogP contribution in [0, 0.1) is 0 Å². The molecule has 0 aliphatic heterocycles. The van der Waals surface area contributed by atoms with Crippen molar-refractivity contribution >= 4 is 17.0 Å². The normalized spacial score (nSPS) is 13.7. The fraction of sp³-hybridized carbons (Fsp3) is 0.227. The zero-order valence-corrected chi connectivity index (χ0v) is 15.3. The van der Waals surface area contributed by atoms with Gasteiger partial charge >= 0.3 is 0 Å². The number of hydrogen-bond donors (Lipinski definition) is 1. The predicted octanol–water partition coefficient (Wildman–Crippen LogP) is 3.86. The average Bonchev–Trinajstić information content (AvgIpc) is 3.32. The quantitative estimate of drug-likeness (QED) is 0.558. The highest BCUT2D eigenvalue weighted by molar-refractivity contribution is 5.97. The van der Waals surface area contributed by atoms with E-state index in [1.807, 2.05) is 53.5 Å². The molecule has 0 saturated heterocycles. The molecule has 1 fully saturated rings. The van der Waals surface area contributed by atoms with Crippen molar-refractivity contribution in [2.24, 2.45) is 0 Å². The van der Waals surface area contributed by atoms with E-state index in [-0.39, 0.29) is 5.91 Å². The van der Waals surface area contributed by atoms with Gasteiger partial charge in [-0.25, -0.2) is 9.67 Å². The van der Waals surface area contributed by atoms with Crippen molar-refractivity contribution in [3.05, 3.63) is 77.9 Å². The zero-order chi connectivity index (χ0) is 18.9. The second-order valence-corrected chi connectivity index (χ2v) is 7.14. The zero-order valence-electron chi connectivity index (χ0n) is 15.3. The first kappa shape index (κ1) is 16.7. The fourth-order valence-electron chi connectivity index (χ4n) is 3.22. The molecule has 2 heterocycles. The Hall–Kier alpha value is -3.41. The minimum atomic E-state index is -0.110. The number of rotatable bonds is 6. The third-order valence-electron chi connectivity index (χ3n) is 4.95. The molecule has 6 nitrogen and oxygen atoms in total. The molecule has 0 spiro atoms. The maximum absolute atomic E-state index is 12.5. The third kappa shape index (κ3) is 3.41. The molecule has 0 atom stereocenters. The summed E-state index contributed by atoms with van der Waals surface area (Å²) in [4.78, 5) is 17.0. The Morgan fingerprint density at radius 1 is 1.18 bits per heavy atom. The van der Waals surface area contributed by atoms with Gasteiger partial charge in [0.2, 0.25) is 0 Å². The molecule has 28 heavy (non-hydrogen) atoms. The van der Waals surface area contributed by atoms with Crippen LogP contribution < -0.4 is 5.32 Å². The molecule has 0 bridgehead atoms. The summed E-state index contributed by atoms with van der Waals surface area (Å²) in [7, 11) is 0. The van der Waals surface area contributed by atoms with Crippen molar-refractivity contribution in [2.45, 2.75) is 25.2 Å². The molecule has 1 N–H and O–H groups in total. The molecular weight excluding hydrogens is 352 g/mol. The number of carbonyl (C=O) groups is 1. The Bertz CT molecular complexity index is 1130. The lowest BCUT2D eigenvalue weighted by atomic mass is 10.2. The minimum absolute atomic E-state index is 0.110. The smallest absolute Gasteiger partial charge is 0.251 e. The van der Waals surface area contributed by atoms with Gasteiger partial charge in [0.15, 0.2) is 11.5 Å². The summed E-state index contributed by atoms with van der Waals surface area (Å²) < 4.78 is 7.64. The third-order valence-corrected chi connectivity index (χ3v) is 4.95. The van der Waals surface area contributed by atoms with Gasteiger partial charge in [-0.2, -0.15) is 5.10 Å². The molecule has 0 radical (unpaired) electrons. The lowest BCUT2D eigenvalue weighted by Gasteiger charge is -2.04. The Morgan fingerprint density at radius 3 is 2.86 bits per heavy atom. The number of amides is 1. The van der Waals surface area contributed by atoms with Gasteiger partial charge in [0.25, 0.3) is 5.91 Å². The maximum Gasteiger partial charge on any atom is 0.251 e. The van der Waals surface area contributed by atoms with Crippen LogP contribution in [0.15, 0.2) is 65.3 Å². The molecule has 6 heteroatoms. The van der Waals surface area contributed by atoms with Crippen LogP contribution in [0.1, 0.15) is 40.6 Å². The Labute approximate surface area is 162 Å². The predicted molar refractivity (Wildman–Crippen MR) is 106 cm³/mol. The van der Waals surface area contributed by atoms with Crippen LogP contribution in [-0.2, 0) is 6.42 Å². The SMILES string of the molecule is O=C(NCCc1cnn(-c2ccccc2)c1)c1ccc2nc(C3CC3)oc2c1. The molecule has 0 unspecified atom stereocenters. The highest BCUT2D eigenvalue weighted by atomic mass is 16.3. The van der Waals surface area contributed by atoms with Gasteiger partial charge in [-0.1, -0.05) is 18.2 Å². The fourth-order valence-corrected chi connectivity index (χ4v) is 3.22. The van der Waals surface area contributed by atoms with E-state index in [0.717, 1.165) is 41.9 Å². The summed E-state index contributed by atoms with van der Waals surface area (Å²) in [6.45, 7) is 0.543. The molecule has 2 aromatic carbocycles. The Kier molecular flexibility index (Phi) is 4.16. The van der Waals surface area contributed by atoms with Gasteiger partial charge in [-0.3, -0.25) is 4.79 Å². The van der Waals surface area contributed by atoms with Gasteiger partial charge < -0.3 is 9.73 Å². The number of aromatic nitrogens is 3. The molecule has 4 aromatic rings. The molecule has 1 aliphatic carbocycles. The summed E-state index contributed by atoms with van der Waals surface area (Å²) in [6, 6.07) is 15.4. The highest BCUT2D eigenvalue weighted by Crippen LogP contribution is 2.40. The van der Waals surface area contributed by atoms with Crippen molar-refractivity contribution in [2.75, 3.05) is 6.54 Å². The lowest BCUT2D eigenvalue weighted by molar-refractivity contribution is 0.0954.